The molecule has 0 saturated heterocycles. The van der Waals surface area contributed by atoms with Gasteiger partial charge in [-0.15, -0.1) is 10.2 Å². The lowest BCUT2D eigenvalue weighted by molar-refractivity contribution is -0.113. The van der Waals surface area contributed by atoms with Crippen molar-refractivity contribution in [2.75, 3.05) is 11.1 Å². The molecule has 0 radical (unpaired) electrons. The molecule has 1 N–H and O–H groups in total. The van der Waals surface area contributed by atoms with E-state index in [1.165, 1.54) is 11.8 Å². The van der Waals surface area contributed by atoms with E-state index < -0.39 is 0 Å². The highest BCUT2D eigenvalue weighted by Gasteiger charge is 2.17. The number of amides is 1. The molecule has 0 fully saturated rings. The number of nitrogens with zero attached hydrogens (tertiary/aromatic N) is 6. The Morgan fingerprint density at radius 3 is 2.77 bits per heavy atom. The Morgan fingerprint density at radius 1 is 1.23 bits per heavy atom. The molecule has 1 aromatic carbocycles. The second-order valence-corrected chi connectivity index (χ2v) is 8.02. The van der Waals surface area contributed by atoms with Crippen LogP contribution >= 0.6 is 11.8 Å². The maximum absolute atomic E-state index is 13.0. The molecule has 3 heterocycles. The lowest BCUT2D eigenvalue weighted by Crippen LogP contribution is -2.23. The number of aromatic nitrogens is 6. The van der Waals surface area contributed by atoms with Gasteiger partial charge in [0.2, 0.25) is 11.7 Å². The Labute approximate surface area is 177 Å². The minimum Gasteiger partial charge on any atom is -0.310 e. The lowest BCUT2D eigenvalue weighted by Gasteiger charge is -2.10. The largest absolute Gasteiger partial charge is 0.310 e. The summed E-state index contributed by atoms with van der Waals surface area (Å²) in [6.45, 7) is 4.53. The highest BCUT2D eigenvalue weighted by molar-refractivity contribution is 7.99. The summed E-state index contributed by atoms with van der Waals surface area (Å²) in [4.78, 5) is 25.4. The number of benzene rings is 1. The van der Waals surface area contributed by atoms with E-state index >= 15 is 0 Å². The van der Waals surface area contributed by atoms with Crippen molar-refractivity contribution in [2.24, 2.45) is 7.05 Å². The van der Waals surface area contributed by atoms with Gasteiger partial charge >= 0.3 is 0 Å². The molecule has 9 nitrogen and oxygen atoms in total. The van der Waals surface area contributed by atoms with Gasteiger partial charge in [0.1, 0.15) is 5.82 Å². The monoisotopic (exact) mass is 425 g/mol. The van der Waals surface area contributed by atoms with Crippen molar-refractivity contribution in [3.63, 3.8) is 0 Å². The number of fused-ring (bicyclic) bond motifs is 3. The molecule has 0 aliphatic carbocycles. The van der Waals surface area contributed by atoms with Crippen LogP contribution in [0.3, 0.4) is 0 Å². The fourth-order valence-electron chi connectivity index (χ4n) is 3.38. The molecule has 0 atom stereocenters. The van der Waals surface area contributed by atoms with E-state index in [2.05, 4.69) is 27.5 Å². The Kier molecular flexibility index (Phi) is 5.58. The molecule has 0 spiro atoms. The van der Waals surface area contributed by atoms with Crippen LogP contribution in [0.15, 0.2) is 40.3 Å². The number of hydrogen-bond acceptors (Lipinski definition) is 6. The van der Waals surface area contributed by atoms with Crippen molar-refractivity contribution >= 4 is 40.2 Å². The second-order valence-electron chi connectivity index (χ2n) is 7.08. The highest BCUT2D eigenvalue weighted by atomic mass is 32.2. The van der Waals surface area contributed by atoms with Crippen molar-refractivity contribution in [1.29, 1.82) is 0 Å². The molecule has 0 saturated carbocycles. The van der Waals surface area contributed by atoms with Crippen molar-refractivity contribution in [1.82, 2.24) is 28.9 Å². The van der Waals surface area contributed by atoms with Crippen LogP contribution in [0.4, 0.5) is 5.82 Å². The summed E-state index contributed by atoms with van der Waals surface area (Å²) in [7, 11) is 1.78. The Morgan fingerprint density at radius 2 is 2.03 bits per heavy atom. The zero-order valence-electron chi connectivity index (χ0n) is 17.1. The van der Waals surface area contributed by atoms with Gasteiger partial charge in [0.05, 0.1) is 22.3 Å². The normalized spacial score (nSPS) is 11.4. The molecule has 30 heavy (non-hydrogen) atoms. The summed E-state index contributed by atoms with van der Waals surface area (Å²) in [5.74, 6) is 1.14. The molecule has 1 amide bonds. The smallest absolute Gasteiger partial charge is 0.262 e. The summed E-state index contributed by atoms with van der Waals surface area (Å²) in [6, 6.07) is 9.23. The van der Waals surface area contributed by atoms with Gasteiger partial charge in [-0.25, -0.2) is 0 Å². The van der Waals surface area contributed by atoms with E-state index in [1.807, 2.05) is 41.7 Å². The minimum absolute atomic E-state index is 0.0696. The first-order valence-electron chi connectivity index (χ1n) is 9.79. The van der Waals surface area contributed by atoms with Crippen LogP contribution < -0.4 is 10.9 Å². The minimum atomic E-state index is -0.164. The van der Waals surface area contributed by atoms with Gasteiger partial charge in [0.15, 0.2) is 5.16 Å². The molecule has 0 bridgehead atoms. The number of carbonyl (C=O) groups excluding carboxylic acids is 1. The maximum atomic E-state index is 13.0. The molecule has 156 valence electrons. The maximum Gasteiger partial charge on any atom is 0.262 e. The first-order chi connectivity index (χ1) is 14.5. The molecule has 10 heteroatoms. The molecule has 4 rings (SSSR count). The van der Waals surface area contributed by atoms with Crippen molar-refractivity contribution in [3.05, 3.63) is 46.4 Å². The molecule has 0 aliphatic heterocycles. The highest BCUT2D eigenvalue weighted by Crippen LogP contribution is 2.22. The van der Waals surface area contributed by atoms with Crippen LogP contribution in [0.1, 0.15) is 25.5 Å². The first-order valence-corrected chi connectivity index (χ1v) is 10.8. The first kappa shape index (κ1) is 20.1. The van der Waals surface area contributed by atoms with Gasteiger partial charge in [-0.2, -0.15) is 5.10 Å². The number of unbranched alkanes of at least 4 members (excludes halogenated alkanes) is 1. The van der Waals surface area contributed by atoms with Crippen LogP contribution in [0, 0.1) is 6.92 Å². The van der Waals surface area contributed by atoms with Gasteiger partial charge in [0, 0.05) is 19.7 Å². The van der Waals surface area contributed by atoms with Gasteiger partial charge < -0.3 is 5.32 Å². The van der Waals surface area contributed by atoms with Crippen LogP contribution in [-0.2, 0) is 18.4 Å². The predicted octanol–water partition coefficient (Wildman–Crippen LogP) is 2.62. The van der Waals surface area contributed by atoms with E-state index in [1.54, 1.807) is 16.3 Å². The van der Waals surface area contributed by atoms with E-state index in [0.717, 1.165) is 24.1 Å². The number of para-hydroxylation sites is 1. The predicted molar refractivity (Wildman–Crippen MR) is 117 cm³/mol. The summed E-state index contributed by atoms with van der Waals surface area (Å²) in [5, 5.41) is 16.8. The summed E-state index contributed by atoms with van der Waals surface area (Å²) in [6.07, 6.45) is 1.84. The zero-order valence-corrected chi connectivity index (χ0v) is 17.9. The fourth-order valence-corrected chi connectivity index (χ4v) is 4.12. The zero-order chi connectivity index (χ0) is 21.3. The third-order valence-corrected chi connectivity index (χ3v) is 5.74. The quantitative estimate of drug-likeness (QED) is 0.457. The molecule has 0 unspecified atom stereocenters. The van der Waals surface area contributed by atoms with Gasteiger partial charge in [-0.05, 0) is 25.5 Å². The number of rotatable bonds is 7. The number of hydrogen-bond donors (Lipinski definition) is 1. The van der Waals surface area contributed by atoms with Crippen LogP contribution in [0.5, 0.6) is 0 Å². The van der Waals surface area contributed by atoms with E-state index in [4.69, 9.17) is 0 Å². The van der Waals surface area contributed by atoms with Gasteiger partial charge in [0.25, 0.3) is 5.56 Å². The van der Waals surface area contributed by atoms with Crippen LogP contribution in [0.2, 0.25) is 0 Å². The summed E-state index contributed by atoms with van der Waals surface area (Å²) in [5.41, 5.74) is 1.50. The molecular formula is C20H23N7O2S. The second kappa shape index (κ2) is 8.31. The van der Waals surface area contributed by atoms with E-state index in [0.29, 0.717) is 28.7 Å². The number of anilines is 1. The lowest BCUT2D eigenvalue weighted by atomic mass is 10.2. The third-order valence-electron chi connectivity index (χ3n) is 4.82. The number of thioether (sulfide) groups is 1. The SMILES string of the molecule is CCCCn1c(=O)c2ccccc2n2c(SCC(=O)Nc3cc(C)nn3C)nnc12. The third kappa shape index (κ3) is 3.70. The fraction of sp³-hybridized carbons (Fsp3) is 0.350. The Balaban J connectivity index is 1.66. The topological polar surface area (TPSA) is 99.1 Å². The van der Waals surface area contributed by atoms with Crippen molar-refractivity contribution in [3.8, 4) is 0 Å². The van der Waals surface area contributed by atoms with Crippen molar-refractivity contribution in [2.45, 2.75) is 38.4 Å². The van der Waals surface area contributed by atoms with Crippen molar-refractivity contribution < 1.29 is 4.79 Å². The number of aryl methyl sites for hydroxylation is 3. The van der Waals surface area contributed by atoms with Crippen LogP contribution in [0.25, 0.3) is 16.7 Å². The van der Waals surface area contributed by atoms with Gasteiger partial charge in [-0.1, -0.05) is 37.2 Å². The Hall–Kier alpha value is -3.14. The van der Waals surface area contributed by atoms with Crippen LogP contribution in [-0.4, -0.2) is 40.6 Å². The summed E-state index contributed by atoms with van der Waals surface area (Å²) >= 11 is 1.28. The average Bonchev–Trinajstić information content (AvgIpc) is 3.29. The number of carbonyl (C=O) groups is 1. The molecule has 4 aromatic rings. The Bertz CT molecular complexity index is 1290. The molecule has 0 aliphatic rings. The average molecular weight is 426 g/mol. The van der Waals surface area contributed by atoms with E-state index in [9.17, 15) is 9.59 Å². The molecular weight excluding hydrogens is 402 g/mol. The van der Waals surface area contributed by atoms with E-state index in [-0.39, 0.29) is 17.2 Å². The number of nitrogens with one attached hydrogen (secondary N) is 1. The standard InChI is InChI=1S/C20H23N7O2S/c1-4-5-10-26-18(29)14-8-6-7-9-15(14)27-19(26)22-23-20(27)30-12-17(28)21-16-11-13(2)24-25(16)3/h6-9,11H,4-5,10,12H2,1-3H3,(H,21,28). The van der Waals surface area contributed by atoms with Gasteiger partial charge in [-0.3, -0.25) is 23.2 Å². The molecule has 3 aromatic heterocycles. The summed E-state index contributed by atoms with van der Waals surface area (Å²) < 4.78 is 5.16.